The van der Waals surface area contributed by atoms with Crippen LogP contribution in [-0.2, 0) is 7.05 Å². The molecule has 1 aliphatic heterocycles. The first-order valence-corrected chi connectivity index (χ1v) is 6.75. The molecule has 2 N–H and O–H groups in total. The van der Waals surface area contributed by atoms with Gasteiger partial charge in [-0.3, -0.25) is 0 Å². The van der Waals surface area contributed by atoms with Crippen molar-refractivity contribution in [2.45, 2.75) is 12.3 Å². The van der Waals surface area contributed by atoms with Crippen LogP contribution in [0.3, 0.4) is 0 Å². The molecule has 3 nitrogen and oxygen atoms in total. The summed E-state index contributed by atoms with van der Waals surface area (Å²) in [5, 5.41) is 1.35. The SMILES string of the molecule is Cn1ccc2cc(C3CCN(CCN)C3)ccc21. The van der Waals surface area contributed by atoms with Gasteiger partial charge in [-0.05, 0) is 48.0 Å². The minimum absolute atomic E-state index is 0.682. The summed E-state index contributed by atoms with van der Waals surface area (Å²) in [7, 11) is 2.10. The number of aryl methyl sites for hydroxylation is 1. The fourth-order valence-corrected chi connectivity index (χ4v) is 3.04. The standard InChI is InChI=1S/C15H21N3/c1-17-7-4-13-10-12(2-3-15(13)17)14-5-8-18(11-14)9-6-16/h2-4,7,10,14H,5-6,8-9,11,16H2,1H3. The minimum atomic E-state index is 0.682. The molecule has 0 saturated carbocycles. The van der Waals surface area contributed by atoms with Crippen molar-refractivity contribution in [1.29, 1.82) is 0 Å². The lowest BCUT2D eigenvalue weighted by Crippen LogP contribution is -2.26. The van der Waals surface area contributed by atoms with Gasteiger partial charge in [0.2, 0.25) is 0 Å². The van der Waals surface area contributed by atoms with Crippen molar-refractivity contribution in [3.05, 3.63) is 36.0 Å². The summed E-state index contributed by atoms with van der Waals surface area (Å²) < 4.78 is 2.18. The summed E-state index contributed by atoms with van der Waals surface area (Å²) in [5.41, 5.74) is 8.42. The normalized spacial score (nSPS) is 20.9. The van der Waals surface area contributed by atoms with E-state index in [0.29, 0.717) is 5.92 Å². The van der Waals surface area contributed by atoms with Gasteiger partial charge in [-0.2, -0.15) is 0 Å². The number of aromatic nitrogens is 1. The van der Waals surface area contributed by atoms with E-state index in [1.54, 1.807) is 0 Å². The third-order valence-electron chi connectivity index (χ3n) is 4.10. The van der Waals surface area contributed by atoms with Crippen LogP contribution >= 0.6 is 0 Å². The molecule has 3 rings (SSSR count). The predicted octanol–water partition coefficient (Wildman–Crippen LogP) is 1.93. The number of rotatable bonds is 3. The summed E-state index contributed by atoms with van der Waals surface area (Å²) in [4.78, 5) is 2.47. The third-order valence-corrected chi connectivity index (χ3v) is 4.10. The monoisotopic (exact) mass is 243 g/mol. The van der Waals surface area contributed by atoms with Gasteiger partial charge in [-0.15, -0.1) is 0 Å². The lowest BCUT2D eigenvalue weighted by Gasteiger charge is -2.15. The van der Waals surface area contributed by atoms with Gasteiger partial charge in [0, 0.05) is 38.4 Å². The van der Waals surface area contributed by atoms with E-state index in [4.69, 9.17) is 5.73 Å². The highest BCUT2D eigenvalue weighted by atomic mass is 15.1. The number of nitrogens with zero attached hydrogens (tertiary/aromatic N) is 2. The molecule has 1 atom stereocenters. The molecule has 96 valence electrons. The van der Waals surface area contributed by atoms with Gasteiger partial charge < -0.3 is 15.2 Å². The van der Waals surface area contributed by atoms with Crippen LogP contribution in [0.2, 0.25) is 0 Å². The molecule has 1 saturated heterocycles. The Kier molecular flexibility index (Phi) is 3.10. The lowest BCUT2D eigenvalue weighted by atomic mass is 9.97. The summed E-state index contributed by atoms with van der Waals surface area (Å²) in [6, 6.07) is 9.09. The Bertz CT molecular complexity index is 544. The van der Waals surface area contributed by atoms with Crippen LogP contribution in [0, 0.1) is 0 Å². The predicted molar refractivity (Wildman–Crippen MR) is 75.8 cm³/mol. The molecule has 1 aromatic heterocycles. The first-order valence-electron chi connectivity index (χ1n) is 6.75. The van der Waals surface area contributed by atoms with Crippen LogP contribution in [0.1, 0.15) is 17.9 Å². The Labute approximate surface area is 108 Å². The number of likely N-dealkylation sites (tertiary alicyclic amines) is 1. The first kappa shape index (κ1) is 11.8. The molecule has 0 radical (unpaired) electrons. The van der Waals surface area contributed by atoms with Crippen molar-refractivity contribution in [2.75, 3.05) is 26.2 Å². The van der Waals surface area contributed by atoms with E-state index in [1.807, 2.05) is 0 Å². The van der Waals surface area contributed by atoms with E-state index in [1.165, 1.54) is 29.4 Å². The average molecular weight is 243 g/mol. The van der Waals surface area contributed by atoms with Crippen molar-refractivity contribution < 1.29 is 0 Å². The minimum Gasteiger partial charge on any atom is -0.351 e. The van der Waals surface area contributed by atoms with Crippen molar-refractivity contribution >= 4 is 10.9 Å². The Morgan fingerprint density at radius 3 is 3.06 bits per heavy atom. The van der Waals surface area contributed by atoms with Gasteiger partial charge in [0.1, 0.15) is 0 Å². The van der Waals surface area contributed by atoms with Crippen LogP contribution in [-0.4, -0.2) is 35.6 Å². The Morgan fingerprint density at radius 1 is 1.33 bits per heavy atom. The zero-order valence-corrected chi connectivity index (χ0v) is 11.0. The fraction of sp³-hybridized carbons (Fsp3) is 0.467. The Morgan fingerprint density at radius 2 is 2.22 bits per heavy atom. The van der Waals surface area contributed by atoms with Crippen LogP contribution in [0.15, 0.2) is 30.5 Å². The van der Waals surface area contributed by atoms with E-state index in [9.17, 15) is 0 Å². The maximum Gasteiger partial charge on any atom is 0.0477 e. The van der Waals surface area contributed by atoms with Gasteiger partial charge in [-0.25, -0.2) is 0 Å². The fourth-order valence-electron chi connectivity index (χ4n) is 3.04. The van der Waals surface area contributed by atoms with Crippen LogP contribution < -0.4 is 5.73 Å². The maximum atomic E-state index is 5.63. The Balaban J connectivity index is 1.82. The van der Waals surface area contributed by atoms with Crippen LogP contribution in [0.25, 0.3) is 10.9 Å². The molecule has 2 aromatic rings. The number of benzene rings is 1. The molecule has 0 aliphatic carbocycles. The zero-order valence-electron chi connectivity index (χ0n) is 11.0. The second kappa shape index (κ2) is 4.75. The maximum absolute atomic E-state index is 5.63. The number of nitrogens with two attached hydrogens (primary N) is 1. The van der Waals surface area contributed by atoms with Gasteiger partial charge in [0.05, 0.1) is 0 Å². The number of hydrogen-bond donors (Lipinski definition) is 1. The molecule has 1 aromatic carbocycles. The van der Waals surface area contributed by atoms with Crippen LogP contribution in [0.4, 0.5) is 0 Å². The number of hydrogen-bond acceptors (Lipinski definition) is 2. The highest BCUT2D eigenvalue weighted by Crippen LogP contribution is 2.29. The molecule has 0 amide bonds. The Hall–Kier alpha value is -1.32. The van der Waals surface area contributed by atoms with Crippen molar-refractivity contribution in [3.8, 4) is 0 Å². The first-order chi connectivity index (χ1) is 8.78. The zero-order chi connectivity index (χ0) is 12.5. The van der Waals surface area contributed by atoms with Gasteiger partial charge in [0.15, 0.2) is 0 Å². The van der Waals surface area contributed by atoms with Gasteiger partial charge >= 0.3 is 0 Å². The van der Waals surface area contributed by atoms with Crippen molar-refractivity contribution in [2.24, 2.45) is 12.8 Å². The largest absolute Gasteiger partial charge is 0.351 e. The lowest BCUT2D eigenvalue weighted by molar-refractivity contribution is 0.344. The van der Waals surface area contributed by atoms with Gasteiger partial charge in [-0.1, -0.05) is 6.07 Å². The molecule has 1 fully saturated rings. The van der Waals surface area contributed by atoms with E-state index >= 15 is 0 Å². The average Bonchev–Trinajstić information content (AvgIpc) is 2.97. The molecule has 1 unspecified atom stereocenters. The highest BCUT2D eigenvalue weighted by molar-refractivity contribution is 5.80. The van der Waals surface area contributed by atoms with E-state index in [0.717, 1.165) is 19.6 Å². The van der Waals surface area contributed by atoms with E-state index in [2.05, 4.69) is 47.0 Å². The quantitative estimate of drug-likeness (QED) is 0.893. The van der Waals surface area contributed by atoms with E-state index < -0.39 is 0 Å². The second-order valence-electron chi connectivity index (χ2n) is 5.32. The second-order valence-corrected chi connectivity index (χ2v) is 5.32. The molecule has 3 heteroatoms. The topological polar surface area (TPSA) is 34.2 Å². The molecular weight excluding hydrogens is 222 g/mol. The highest BCUT2D eigenvalue weighted by Gasteiger charge is 2.23. The molecule has 2 heterocycles. The summed E-state index contributed by atoms with van der Waals surface area (Å²) >= 11 is 0. The third kappa shape index (κ3) is 2.04. The summed E-state index contributed by atoms with van der Waals surface area (Å²) in [6.45, 7) is 4.15. The van der Waals surface area contributed by atoms with Crippen molar-refractivity contribution in [3.63, 3.8) is 0 Å². The van der Waals surface area contributed by atoms with E-state index in [-0.39, 0.29) is 0 Å². The van der Waals surface area contributed by atoms with Crippen LogP contribution in [0.5, 0.6) is 0 Å². The molecule has 0 spiro atoms. The summed E-state index contributed by atoms with van der Waals surface area (Å²) in [5.74, 6) is 0.682. The summed E-state index contributed by atoms with van der Waals surface area (Å²) in [6.07, 6.45) is 3.39. The van der Waals surface area contributed by atoms with Crippen molar-refractivity contribution in [1.82, 2.24) is 9.47 Å². The molecule has 1 aliphatic rings. The smallest absolute Gasteiger partial charge is 0.0477 e. The number of fused-ring (bicyclic) bond motifs is 1. The molecule has 18 heavy (non-hydrogen) atoms. The molecular formula is C15H21N3. The van der Waals surface area contributed by atoms with Gasteiger partial charge in [0.25, 0.3) is 0 Å². The molecule has 0 bridgehead atoms.